The quantitative estimate of drug-likeness (QED) is 0.836. The normalized spacial score (nSPS) is 13.9. The number of benzene rings is 1. The minimum atomic E-state index is -0.401. The summed E-state index contributed by atoms with van der Waals surface area (Å²) in [6, 6.07) is 9.71. The van der Waals surface area contributed by atoms with Crippen molar-refractivity contribution >= 4 is 37.8 Å². The van der Waals surface area contributed by atoms with Gasteiger partial charge in [0.1, 0.15) is 17.5 Å². The van der Waals surface area contributed by atoms with E-state index in [1.807, 2.05) is 30.3 Å². The van der Waals surface area contributed by atoms with Gasteiger partial charge < -0.3 is 0 Å². The third-order valence-corrected chi connectivity index (χ3v) is 4.99. The molecule has 2 aromatic rings. The number of hydrogen-bond acceptors (Lipinski definition) is 3. The molecule has 5 nitrogen and oxygen atoms in total. The summed E-state index contributed by atoms with van der Waals surface area (Å²) in [5, 5.41) is 7.22. The van der Waals surface area contributed by atoms with Gasteiger partial charge in [-0.05, 0) is 5.56 Å². The fourth-order valence-corrected chi connectivity index (χ4v) is 2.34. The summed E-state index contributed by atoms with van der Waals surface area (Å²) in [5.41, 5.74) is 3.67. The predicted octanol–water partition coefficient (Wildman–Crippen LogP) is 2.25. The number of nitrogens with zero attached hydrogens (tertiary/aromatic N) is 3. The van der Waals surface area contributed by atoms with Crippen LogP contribution in [0, 0.1) is 0 Å². The van der Waals surface area contributed by atoms with Crippen molar-refractivity contribution in [1.82, 2.24) is 14.9 Å². The zero-order valence-electron chi connectivity index (χ0n) is 9.20. The Labute approximate surface area is 121 Å². The Kier molecular flexibility index (Phi) is 4.48. The van der Waals surface area contributed by atoms with Crippen LogP contribution in [0.25, 0.3) is 0 Å². The van der Waals surface area contributed by atoms with Crippen molar-refractivity contribution in [3.05, 3.63) is 48.5 Å². The topological polar surface area (TPSA) is 59.8 Å². The molecule has 0 fully saturated rings. The lowest BCUT2D eigenvalue weighted by Crippen LogP contribution is -2.31. The summed E-state index contributed by atoms with van der Waals surface area (Å²) in [4.78, 5) is 11.4. The number of rotatable bonds is 4. The van der Waals surface area contributed by atoms with Gasteiger partial charge >= 0.3 is 0 Å². The number of carbonyl (C=O) groups excluding carboxylic acids is 1. The van der Waals surface area contributed by atoms with Crippen molar-refractivity contribution in [2.75, 3.05) is 5.43 Å². The molecule has 0 aliphatic carbocycles. The summed E-state index contributed by atoms with van der Waals surface area (Å²) in [6.45, 7) is 0. The van der Waals surface area contributed by atoms with Gasteiger partial charge in [0.25, 0.3) is 5.91 Å². The first-order chi connectivity index (χ1) is 8.68. The van der Waals surface area contributed by atoms with Gasteiger partial charge in [0.15, 0.2) is 0 Å². The second-order valence-electron chi connectivity index (χ2n) is 3.56. The zero-order chi connectivity index (χ0) is 13.0. The molecular formula is C11H10Br2N4O. The molecule has 1 N–H and O–H groups in total. The fourth-order valence-electron chi connectivity index (χ4n) is 1.39. The summed E-state index contributed by atoms with van der Waals surface area (Å²) < 4.78 is 1.40. The Morgan fingerprint density at radius 3 is 2.39 bits per heavy atom. The number of amides is 1. The third-order valence-electron chi connectivity index (χ3n) is 2.28. The molecule has 1 amide bonds. The van der Waals surface area contributed by atoms with Crippen molar-refractivity contribution in [2.45, 2.75) is 9.65 Å². The SMILES string of the molecule is O=C(Nn1cnnc1)[C@@H](Br)[C@H](Br)c1ccccc1. The third kappa shape index (κ3) is 3.17. The minimum absolute atomic E-state index is 0.116. The molecule has 2 atom stereocenters. The molecule has 0 spiro atoms. The first-order valence-corrected chi connectivity index (χ1v) is 7.00. The molecule has 0 saturated heterocycles. The van der Waals surface area contributed by atoms with Gasteiger partial charge in [0.2, 0.25) is 0 Å². The van der Waals surface area contributed by atoms with Gasteiger partial charge in [-0.15, -0.1) is 10.2 Å². The molecule has 7 heteroatoms. The van der Waals surface area contributed by atoms with Gasteiger partial charge in [-0.25, -0.2) is 4.68 Å². The Morgan fingerprint density at radius 1 is 1.17 bits per heavy atom. The molecule has 94 valence electrons. The highest BCUT2D eigenvalue weighted by molar-refractivity contribution is 9.12. The fraction of sp³-hybridized carbons (Fsp3) is 0.182. The van der Waals surface area contributed by atoms with Crippen molar-refractivity contribution < 1.29 is 4.79 Å². The largest absolute Gasteiger partial charge is 0.272 e. The predicted molar refractivity (Wildman–Crippen MR) is 75.2 cm³/mol. The maximum atomic E-state index is 12.0. The van der Waals surface area contributed by atoms with Crippen LogP contribution >= 0.6 is 31.9 Å². The minimum Gasteiger partial charge on any atom is -0.272 e. The van der Waals surface area contributed by atoms with Crippen LogP contribution in [0.3, 0.4) is 0 Å². The molecule has 0 aliphatic rings. The molecule has 0 unspecified atom stereocenters. The van der Waals surface area contributed by atoms with Crippen LogP contribution in [-0.2, 0) is 4.79 Å². The molecule has 18 heavy (non-hydrogen) atoms. The highest BCUT2D eigenvalue weighted by Gasteiger charge is 2.25. The van der Waals surface area contributed by atoms with Crippen LogP contribution in [0.1, 0.15) is 10.4 Å². The molecule has 0 aliphatic heterocycles. The van der Waals surface area contributed by atoms with Gasteiger partial charge in [0, 0.05) is 0 Å². The van der Waals surface area contributed by atoms with E-state index in [4.69, 9.17) is 0 Å². The molecule has 0 saturated carbocycles. The Morgan fingerprint density at radius 2 is 1.78 bits per heavy atom. The molecule has 1 aromatic carbocycles. The number of hydrogen-bond donors (Lipinski definition) is 1. The van der Waals surface area contributed by atoms with E-state index in [1.54, 1.807) is 0 Å². The number of halogens is 2. The summed E-state index contributed by atoms with van der Waals surface area (Å²) >= 11 is 6.89. The van der Waals surface area contributed by atoms with E-state index in [0.717, 1.165) is 5.56 Å². The monoisotopic (exact) mass is 372 g/mol. The summed E-state index contributed by atoms with van der Waals surface area (Å²) in [6.07, 6.45) is 2.84. The molecule has 1 aromatic heterocycles. The second kappa shape index (κ2) is 6.10. The second-order valence-corrected chi connectivity index (χ2v) is 5.53. The van der Waals surface area contributed by atoms with Gasteiger partial charge in [-0.1, -0.05) is 62.2 Å². The Balaban J connectivity index is 2.02. The van der Waals surface area contributed by atoms with Crippen LogP contribution in [0.5, 0.6) is 0 Å². The zero-order valence-corrected chi connectivity index (χ0v) is 12.4. The van der Waals surface area contributed by atoms with E-state index in [2.05, 4.69) is 47.5 Å². The van der Waals surface area contributed by atoms with Gasteiger partial charge in [-0.2, -0.15) is 0 Å². The lowest BCUT2D eigenvalue weighted by molar-refractivity contribution is -0.116. The standard InChI is InChI=1S/C11H10Br2N4O/c12-9(8-4-2-1-3-5-8)10(13)11(18)16-17-6-14-15-7-17/h1-7,9-10H,(H,16,18)/t9-,10+/m1/s1. The molecule has 0 bridgehead atoms. The van der Waals surface area contributed by atoms with Gasteiger partial charge in [-0.3, -0.25) is 10.2 Å². The summed E-state index contributed by atoms with van der Waals surface area (Å²) in [7, 11) is 0. The van der Waals surface area contributed by atoms with Crippen molar-refractivity contribution in [3.63, 3.8) is 0 Å². The smallest absolute Gasteiger partial charge is 0.254 e. The Hall–Kier alpha value is -1.21. The number of alkyl halides is 2. The van der Waals surface area contributed by atoms with Crippen LogP contribution in [-0.4, -0.2) is 25.6 Å². The van der Waals surface area contributed by atoms with Gasteiger partial charge in [0.05, 0.1) is 4.83 Å². The van der Waals surface area contributed by atoms with E-state index >= 15 is 0 Å². The first kappa shape index (κ1) is 13.2. The number of nitrogens with one attached hydrogen (secondary N) is 1. The molecular weight excluding hydrogens is 364 g/mol. The average molecular weight is 374 g/mol. The van der Waals surface area contributed by atoms with Crippen LogP contribution in [0.15, 0.2) is 43.0 Å². The lowest BCUT2D eigenvalue weighted by atomic mass is 10.1. The van der Waals surface area contributed by atoms with Crippen molar-refractivity contribution in [2.24, 2.45) is 0 Å². The highest BCUT2D eigenvalue weighted by atomic mass is 79.9. The lowest BCUT2D eigenvalue weighted by Gasteiger charge is -2.16. The maximum absolute atomic E-state index is 12.0. The van der Waals surface area contributed by atoms with Crippen LogP contribution < -0.4 is 5.43 Å². The average Bonchev–Trinajstić information content (AvgIpc) is 2.91. The molecule has 1 heterocycles. The van der Waals surface area contributed by atoms with E-state index in [1.165, 1.54) is 17.3 Å². The van der Waals surface area contributed by atoms with Crippen LogP contribution in [0.4, 0.5) is 0 Å². The van der Waals surface area contributed by atoms with Crippen molar-refractivity contribution in [1.29, 1.82) is 0 Å². The number of aromatic nitrogens is 3. The Bertz CT molecular complexity index is 503. The highest BCUT2D eigenvalue weighted by Crippen LogP contribution is 2.31. The summed E-state index contributed by atoms with van der Waals surface area (Å²) in [5.74, 6) is -0.180. The first-order valence-electron chi connectivity index (χ1n) is 5.17. The van der Waals surface area contributed by atoms with Crippen molar-refractivity contribution in [3.8, 4) is 0 Å². The van der Waals surface area contributed by atoms with E-state index in [9.17, 15) is 4.79 Å². The number of carbonyl (C=O) groups is 1. The van der Waals surface area contributed by atoms with Crippen LogP contribution in [0.2, 0.25) is 0 Å². The molecule has 0 radical (unpaired) electrons. The van der Waals surface area contributed by atoms with E-state index < -0.39 is 4.83 Å². The maximum Gasteiger partial charge on any atom is 0.254 e. The van der Waals surface area contributed by atoms with E-state index in [0.29, 0.717) is 0 Å². The van der Waals surface area contributed by atoms with E-state index in [-0.39, 0.29) is 10.7 Å². The molecule has 2 rings (SSSR count).